The third kappa shape index (κ3) is 9.81. The number of hydrogen-bond donors (Lipinski definition) is 2. The molecule has 2 amide bonds. The zero-order valence-electron chi connectivity index (χ0n) is 27.8. The van der Waals surface area contributed by atoms with E-state index >= 15 is 0 Å². The van der Waals surface area contributed by atoms with Crippen molar-refractivity contribution in [1.82, 2.24) is 10.6 Å². The van der Waals surface area contributed by atoms with Crippen molar-refractivity contribution in [3.05, 3.63) is 76.8 Å². The molecule has 0 aliphatic carbocycles. The summed E-state index contributed by atoms with van der Waals surface area (Å²) < 4.78 is 23.1. The Kier molecular flexibility index (Phi) is 12.1. The van der Waals surface area contributed by atoms with E-state index in [1.54, 1.807) is 38.1 Å². The quantitative estimate of drug-likeness (QED) is 0.293. The molecule has 0 radical (unpaired) electrons. The summed E-state index contributed by atoms with van der Waals surface area (Å²) in [6.07, 6.45) is 1.34. The smallest absolute Gasteiger partial charge is 0.347 e. The number of cyclic esters (lactones) is 2. The molecule has 6 atom stereocenters. The Morgan fingerprint density at radius 2 is 1.74 bits per heavy atom. The lowest BCUT2D eigenvalue weighted by atomic mass is 9.92. The van der Waals surface area contributed by atoms with Crippen LogP contribution in [0, 0.1) is 17.3 Å². The number of benzene rings is 2. The number of nitrogens with one attached hydrogen (secondary N) is 2. The van der Waals surface area contributed by atoms with Crippen LogP contribution < -0.4 is 15.4 Å². The van der Waals surface area contributed by atoms with Crippen molar-refractivity contribution in [2.45, 2.75) is 84.3 Å². The molecule has 0 saturated carbocycles. The highest BCUT2D eigenvalue weighted by molar-refractivity contribution is 6.32. The van der Waals surface area contributed by atoms with Gasteiger partial charge in [0.05, 0.1) is 23.7 Å². The fraction of sp³-hybridized carbons (Fsp3) is 0.500. The second-order valence-electron chi connectivity index (χ2n) is 13.3. The SMILES string of the molecule is COc1ccc(C[C@H]2NC(=O)C=CC[C@@H]([C@H](C)C3OC3c3ccccc3)OC(=O)[C@H](CC(C)C)OC(=O)C(C)(C)CNC2=O)cc1Cl. The topological polar surface area (TPSA) is 133 Å². The molecular formula is C36H45ClN2O8. The second kappa shape index (κ2) is 15.8. The van der Waals surface area contributed by atoms with Gasteiger partial charge in [-0.1, -0.05) is 74.8 Å². The Morgan fingerprint density at radius 1 is 1.02 bits per heavy atom. The molecule has 2 unspecified atom stereocenters. The maximum atomic E-state index is 13.6. The summed E-state index contributed by atoms with van der Waals surface area (Å²) in [4.78, 5) is 53.6. The molecule has 2 heterocycles. The Labute approximate surface area is 281 Å². The fourth-order valence-corrected chi connectivity index (χ4v) is 5.75. The molecule has 11 heteroatoms. The maximum Gasteiger partial charge on any atom is 0.347 e. The molecule has 4 rings (SSSR count). The van der Waals surface area contributed by atoms with Crippen molar-refractivity contribution in [1.29, 1.82) is 0 Å². The first-order valence-corrected chi connectivity index (χ1v) is 16.4. The number of rotatable bonds is 8. The number of epoxide rings is 1. The third-order valence-corrected chi connectivity index (χ3v) is 8.70. The molecule has 47 heavy (non-hydrogen) atoms. The Morgan fingerprint density at radius 3 is 2.40 bits per heavy atom. The predicted octanol–water partition coefficient (Wildman–Crippen LogP) is 5.12. The Hall–Kier alpha value is -3.89. The van der Waals surface area contributed by atoms with Gasteiger partial charge in [0.25, 0.3) is 0 Å². The normalized spacial score (nSPS) is 26.1. The minimum Gasteiger partial charge on any atom is -0.495 e. The predicted molar refractivity (Wildman–Crippen MR) is 177 cm³/mol. The van der Waals surface area contributed by atoms with Crippen LogP contribution in [0.25, 0.3) is 0 Å². The van der Waals surface area contributed by atoms with Crippen LogP contribution >= 0.6 is 11.6 Å². The molecule has 0 aromatic heterocycles. The van der Waals surface area contributed by atoms with Gasteiger partial charge in [0.1, 0.15) is 24.0 Å². The average molecular weight is 669 g/mol. The summed E-state index contributed by atoms with van der Waals surface area (Å²) in [5.41, 5.74) is 0.524. The first-order chi connectivity index (χ1) is 22.3. The van der Waals surface area contributed by atoms with Crippen LogP contribution in [0.15, 0.2) is 60.7 Å². The summed E-state index contributed by atoms with van der Waals surface area (Å²) in [5, 5.41) is 5.91. The van der Waals surface area contributed by atoms with E-state index < -0.39 is 47.4 Å². The van der Waals surface area contributed by atoms with Crippen LogP contribution in [0.2, 0.25) is 5.02 Å². The molecule has 1 saturated heterocycles. The van der Waals surface area contributed by atoms with Crippen molar-refractivity contribution in [3.8, 4) is 5.75 Å². The third-order valence-electron chi connectivity index (χ3n) is 8.41. The zero-order valence-corrected chi connectivity index (χ0v) is 28.5. The van der Waals surface area contributed by atoms with Gasteiger partial charge in [-0.2, -0.15) is 0 Å². The number of halogens is 1. The number of carbonyl (C=O) groups is 4. The Balaban J connectivity index is 1.61. The van der Waals surface area contributed by atoms with E-state index in [1.807, 2.05) is 51.1 Å². The summed E-state index contributed by atoms with van der Waals surface area (Å²) >= 11 is 6.32. The second-order valence-corrected chi connectivity index (χ2v) is 13.7. The fourth-order valence-electron chi connectivity index (χ4n) is 5.46. The van der Waals surface area contributed by atoms with Crippen LogP contribution in [-0.4, -0.2) is 61.8 Å². The molecule has 2 aromatic rings. The molecule has 2 aliphatic rings. The van der Waals surface area contributed by atoms with Crippen LogP contribution in [0.4, 0.5) is 0 Å². The summed E-state index contributed by atoms with van der Waals surface area (Å²) in [5.74, 6) is -2.06. The minimum absolute atomic E-state index is 0.0228. The molecule has 2 N–H and O–H groups in total. The molecule has 0 spiro atoms. The maximum absolute atomic E-state index is 13.6. The Bertz CT molecular complexity index is 1460. The number of amides is 2. The highest BCUT2D eigenvalue weighted by Gasteiger charge is 2.48. The van der Waals surface area contributed by atoms with Gasteiger partial charge in [-0.05, 0) is 55.5 Å². The van der Waals surface area contributed by atoms with Gasteiger partial charge in [0.2, 0.25) is 11.8 Å². The minimum atomic E-state index is -1.20. The van der Waals surface area contributed by atoms with E-state index in [1.165, 1.54) is 13.2 Å². The summed E-state index contributed by atoms with van der Waals surface area (Å²) in [7, 11) is 1.51. The highest BCUT2D eigenvalue weighted by atomic mass is 35.5. The van der Waals surface area contributed by atoms with Crippen molar-refractivity contribution in [2.24, 2.45) is 17.3 Å². The van der Waals surface area contributed by atoms with Gasteiger partial charge in [0, 0.05) is 25.3 Å². The molecule has 10 nitrogen and oxygen atoms in total. The lowest BCUT2D eigenvalue weighted by Gasteiger charge is -2.29. The monoisotopic (exact) mass is 668 g/mol. The van der Waals surface area contributed by atoms with E-state index in [9.17, 15) is 19.2 Å². The molecule has 2 aromatic carbocycles. The number of ether oxygens (including phenoxy) is 4. The van der Waals surface area contributed by atoms with Crippen molar-refractivity contribution in [3.63, 3.8) is 0 Å². The van der Waals surface area contributed by atoms with Gasteiger partial charge in [-0.25, -0.2) is 4.79 Å². The highest BCUT2D eigenvalue weighted by Crippen LogP contribution is 2.45. The van der Waals surface area contributed by atoms with Crippen LogP contribution in [0.3, 0.4) is 0 Å². The van der Waals surface area contributed by atoms with Gasteiger partial charge in [-0.15, -0.1) is 0 Å². The van der Waals surface area contributed by atoms with Crippen LogP contribution in [0.5, 0.6) is 5.75 Å². The average Bonchev–Trinajstić information content (AvgIpc) is 3.83. The molecule has 0 bridgehead atoms. The van der Waals surface area contributed by atoms with E-state index in [0.29, 0.717) is 16.3 Å². The first-order valence-electron chi connectivity index (χ1n) is 16.0. The molecular weight excluding hydrogens is 624 g/mol. The number of carbonyl (C=O) groups excluding carboxylic acids is 4. The first kappa shape index (κ1) is 36.0. The van der Waals surface area contributed by atoms with Gasteiger partial charge in [0.15, 0.2) is 6.10 Å². The van der Waals surface area contributed by atoms with Gasteiger partial charge >= 0.3 is 11.9 Å². The van der Waals surface area contributed by atoms with E-state index in [-0.39, 0.29) is 49.9 Å². The molecule has 254 valence electrons. The zero-order chi connectivity index (χ0) is 34.3. The summed E-state index contributed by atoms with van der Waals surface area (Å²) in [6.45, 7) is 8.92. The van der Waals surface area contributed by atoms with Gasteiger partial charge in [-0.3, -0.25) is 14.4 Å². The number of methoxy groups -OCH3 is 1. The van der Waals surface area contributed by atoms with E-state index in [2.05, 4.69) is 10.6 Å². The molecule has 1 fully saturated rings. The van der Waals surface area contributed by atoms with Crippen molar-refractivity contribution < 1.29 is 38.1 Å². The lowest BCUT2D eigenvalue weighted by molar-refractivity contribution is -0.179. The number of hydrogen-bond acceptors (Lipinski definition) is 8. The van der Waals surface area contributed by atoms with Crippen LogP contribution in [-0.2, 0) is 39.8 Å². The van der Waals surface area contributed by atoms with Gasteiger partial charge < -0.3 is 29.6 Å². The largest absolute Gasteiger partial charge is 0.495 e. The van der Waals surface area contributed by atoms with Crippen molar-refractivity contribution >= 4 is 35.4 Å². The summed E-state index contributed by atoms with van der Waals surface area (Å²) in [6, 6.07) is 13.9. The lowest BCUT2D eigenvalue weighted by Crippen LogP contribution is -2.51. The molecule has 2 aliphatic heterocycles. The standard InChI is InChI=1S/C36H45ClN2O8/c1-21(2)17-29-34(42)45-27(22(3)31-32(47-31)24-11-8-7-9-12-24)13-10-14-30(40)39-26(19-23-15-16-28(44-6)25(37)18-23)33(41)38-20-36(4,5)35(43)46-29/h7-12,14-16,18,21-22,26-27,29,31-32H,13,17,19-20H2,1-6H3,(H,38,41)(H,39,40)/t22-,26+,27-,29-,31?,32?/m0/s1. The van der Waals surface area contributed by atoms with E-state index in [4.69, 9.17) is 30.5 Å². The number of esters is 2. The van der Waals surface area contributed by atoms with Crippen LogP contribution in [0.1, 0.15) is 64.7 Å². The van der Waals surface area contributed by atoms with Crippen molar-refractivity contribution in [2.75, 3.05) is 13.7 Å². The van der Waals surface area contributed by atoms with E-state index in [0.717, 1.165) is 5.56 Å².